The van der Waals surface area contributed by atoms with Crippen molar-refractivity contribution in [2.24, 2.45) is 16.2 Å². The first kappa shape index (κ1) is 27.8. The van der Waals surface area contributed by atoms with E-state index in [0.29, 0.717) is 50.5 Å². The summed E-state index contributed by atoms with van der Waals surface area (Å²) in [7, 11) is 0. The van der Waals surface area contributed by atoms with Crippen LogP contribution in [0.3, 0.4) is 0 Å². The zero-order chi connectivity index (χ0) is 21.5. The summed E-state index contributed by atoms with van der Waals surface area (Å²) in [5.74, 6) is 0. The minimum Gasteiger partial charge on any atom is -0.379 e. The van der Waals surface area contributed by atoms with Crippen LogP contribution in [0.2, 0.25) is 0 Å². The van der Waals surface area contributed by atoms with Crippen LogP contribution in [0.1, 0.15) is 87.5 Å². The van der Waals surface area contributed by atoms with Gasteiger partial charge < -0.3 is 18.9 Å². The van der Waals surface area contributed by atoms with E-state index >= 15 is 0 Å². The van der Waals surface area contributed by atoms with Gasteiger partial charge in [-0.2, -0.15) is 0 Å². The highest BCUT2D eigenvalue weighted by molar-refractivity contribution is 4.78. The zero-order valence-electron chi connectivity index (χ0n) is 20.3. The van der Waals surface area contributed by atoms with Crippen LogP contribution in [-0.4, -0.2) is 52.9 Å². The van der Waals surface area contributed by atoms with Gasteiger partial charge in [-0.1, -0.05) is 68.2 Å². The molecule has 0 saturated carbocycles. The first-order chi connectivity index (χ1) is 13.0. The van der Waals surface area contributed by atoms with Crippen LogP contribution in [0.4, 0.5) is 0 Å². The van der Waals surface area contributed by atoms with E-state index in [1.54, 1.807) is 0 Å². The average molecular weight is 403 g/mol. The average Bonchev–Trinajstić information content (AvgIpc) is 2.58. The lowest BCUT2D eigenvalue weighted by molar-refractivity contribution is -0.0157. The van der Waals surface area contributed by atoms with Gasteiger partial charge in [-0.3, -0.25) is 0 Å². The Morgan fingerprint density at radius 2 is 0.964 bits per heavy atom. The fraction of sp³-hybridized carbons (Fsp3) is 1.00. The van der Waals surface area contributed by atoms with Crippen LogP contribution in [0.5, 0.6) is 0 Å². The fourth-order valence-electron chi connectivity index (χ4n) is 3.61. The SMILES string of the molecule is CCCC(C)(C)COCCOCCOCCOCCC(C)(C)CC(C)(C)CC. The second-order valence-electron chi connectivity index (χ2n) is 10.4. The van der Waals surface area contributed by atoms with Crippen LogP contribution in [0.15, 0.2) is 0 Å². The molecule has 170 valence electrons. The monoisotopic (exact) mass is 402 g/mol. The lowest BCUT2D eigenvalue weighted by atomic mass is 9.72. The van der Waals surface area contributed by atoms with Crippen LogP contribution in [-0.2, 0) is 18.9 Å². The lowest BCUT2D eigenvalue weighted by Gasteiger charge is -2.34. The molecule has 0 aliphatic rings. The first-order valence-electron chi connectivity index (χ1n) is 11.3. The maximum atomic E-state index is 5.74. The van der Waals surface area contributed by atoms with Crippen molar-refractivity contribution in [2.45, 2.75) is 87.5 Å². The smallest absolute Gasteiger partial charge is 0.0701 e. The van der Waals surface area contributed by atoms with E-state index in [-0.39, 0.29) is 5.41 Å². The third-order valence-electron chi connectivity index (χ3n) is 5.37. The summed E-state index contributed by atoms with van der Waals surface area (Å²) in [6.45, 7) is 23.8. The van der Waals surface area contributed by atoms with Crippen LogP contribution >= 0.6 is 0 Å². The minimum absolute atomic E-state index is 0.263. The van der Waals surface area contributed by atoms with Crippen LogP contribution < -0.4 is 0 Å². The van der Waals surface area contributed by atoms with E-state index in [4.69, 9.17) is 18.9 Å². The van der Waals surface area contributed by atoms with Crippen molar-refractivity contribution in [3.05, 3.63) is 0 Å². The standard InChI is InChI=1S/C24H50O4/c1-9-11-24(7,8)21-28-19-18-27-17-16-26-15-14-25-13-12-23(5,6)20-22(3,4)10-2/h9-21H2,1-8H3. The molecule has 0 aromatic rings. The molecule has 0 aromatic heterocycles. The molecule has 4 nitrogen and oxygen atoms in total. The number of rotatable bonds is 19. The predicted octanol–water partition coefficient (Wildman–Crippen LogP) is 6.12. The van der Waals surface area contributed by atoms with Gasteiger partial charge in [0.2, 0.25) is 0 Å². The Kier molecular flexibility index (Phi) is 14.7. The molecule has 28 heavy (non-hydrogen) atoms. The quantitative estimate of drug-likeness (QED) is 0.244. The maximum Gasteiger partial charge on any atom is 0.0701 e. The molecule has 0 aliphatic carbocycles. The number of ether oxygens (including phenoxy) is 4. The van der Waals surface area contributed by atoms with E-state index in [2.05, 4.69) is 55.4 Å². The molecule has 0 atom stereocenters. The molecular formula is C24H50O4. The van der Waals surface area contributed by atoms with E-state index < -0.39 is 0 Å². The molecule has 0 amide bonds. The van der Waals surface area contributed by atoms with Crippen molar-refractivity contribution >= 4 is 0 Å². The van der Waals surface area contributed by atoms with Crippen molar-refractivity contribution in [1.82, 2.24) is 0 Å². The highest BCUT2D eigenvalue weighted by atomic mass is 16.6. The van der Waals surface area contributed by atoms with Gasteiger partial charge in [0, 0.05) is 6.61 Å². The molecule has 0 aromatic carbocycles. The molecule has 0 N–H and O–H groups in total. The predicted molar refractivity (Wildman–Crippen MR) is 119 cm³/mol. The Morgan fingerprint density at radius 3 is 1.43 bits per heavy atom. The van der Waals surface area contributed by atoms with E-state index in [9.17, 15) is 0 Å². The second kappa shape index (κ2) is 14.8. The maximum absolute atomic E-state index is 5.74. The molecule has 0 unspecified atom stereocenters. The third kappa shape index (κ3) is 16.8. The number of hydrogen-bond acceptors (Lipinski definition) is 4. The van der Waals surface area contributed by atoms with Crippen molar-refractivity contribution < 1.29 is 18.9 Å². The molecule has 0 radical (unpaired) electrons. The van der Waals surface area contributed by atoms with Gasteiger partial charge in [0.05, 0.1) is 46.2 Å². The molecule has 0 aliphatic heterocycles. The molecule has 0 heterocycles. The molecule has 0 spiro atoms. The minimum atomic E-state index is 0.263. The summed E-state index contributed by atoms with van der Waals surface area (Å²) >= 11 is 0. The van der Waals surface area contributed by atoms with Gasteiger partial charge in [0.25, 0.3) is 0 Å². The van der Waals surface area contributed by atoms with E-state index in [1.165, 1.54) is 25.7 Å². The molecular weight excluding hydrogens is 352 g/mol. The Balaban J connectivity index is 3.45. The molecule has 0 fully saturated rings. The van der Waals surface area contributed by atoms with E-state index in [1.807, 2.05) is 0 Å². The van der Waals surface area contributed by atoms with Crippen molar-refractivity contribution in [1.29, 1.82) is 0 Å². The van der Waals surface area contributed by atoms with Gasteiger partial charge in [-0.05, 0) is 35.5 Å². The van der Waals surface area contributed by atoms with Gasteiger partial charge in [0.15, 0.2) is 0 Å². The summed E-state index contributed by atoms with van der Waals surface area (Å²) in [5.41, 5.74) is 0.991. The van der Waals surface area contributed by atoms with Gasteiger partial charge in [0.1, 0.15) is 0 Å². The van der Waals surface area contributed by atoms with Gasteiger partial charge in [-0.25, -0.2) is 0 Å². The molecule has 0 bridgehead atoms. The summed E-state index contributed by atoms with van der Waals surface area (Å²) in [4.78, 5) is 0. The Morgan fingerprint density at radius 1 is 0.500 bits per heavy atom. The molecule has 4 heteroatoms. The summed E-state index contributed by atoms with van der Waals surface area (Å²) in [5, 5.41) is 0. The van der Waals surface area contributed by atoms with Crippen LogP contribution in [0.25, 0.3) is 0 Å². The van der Waals surface area contributed by atoms with Crippen LogP contribution in [0, 0.1) is 16.2 Å². The largest absolute Gasteiger partial charge is 0.379 e. The highest BCUT2D eigenvalue weighted by Gasteiger charge is 2.27. The molecule has 0 saturated heterocycles. The fourth-order valence-corrected chi connectivity index (χ4v) is 3.61. The molecule has 0 rings (SSSR count). The van der Waals surface area contributed by atoms with Crippen molar-refractivity contribution in [3.8, 4) is 0 Å². The summed E-state index contributed by atoms with van der Waals surface area (Å²) < 4.78 is 22.6. The third-order valence-corrected chi connectivity index (χ3v) is 5.37. The van der Waals surface area contributed by atoms with E-state index in [0.717, 1.165) is 19.6 Å². The Bertz CT molecular complexity index is 364. The zero-order valence-corrected chi connectivity index (χ0v) is 20.3. The summed E-state index contributed by atoms with van der Waals surface area (Å²) in [6.07, 6.45) is 5.93. The topological polar surface area (TPSA) is 36.9 Å². The lowest BCUT2D eigenvalue weighted by Crippen LogP contribution is -2.24. The number of hydrogen-bond donors (Lipinski definition) is 0. The summed E-state index contributed by atoms with van der Waals surface area (Å²) in [6, 6.07) is 0. The first-order valence-corrected chi connectivity index (χ1v) is 11.3. The van der Waals surface area contributed by atoms with Gasteiger partial charge in [-0.15, -0.1) is 0 Å². The van der Waals surface area contributed by atoms with Crippen molar-refractivity contribution in [2.75, 3.05) is 52.9 Å². The Hall–Kier alpha value is -0.160. The normalized spacial score (nSPS) is 13.3. The second-order valence-corrected chi connectivity index (χ2v) is 10.4. The van der Waals surface area contributed by atoms with Crippen molar-refractivity contribution in [3.63, 3.8) is 0 Å². The highest BCUT2D eigenvalue weighted by Crippen LogP contribution is 2.38. The Labute approximate surface area is 176 Å². The van der Waals surface area contributed by atoms with Gasteiger partial charge >= 0.3 is 0 Å².